The lowest BCUT2D eigenvalue weighted by Gasteiger charge is -2.08. The van der Waals surface area contributed by atoms with Crippen LogP contribution in [0.2, 0.25) is 0 Å². The molecular weight excluding hydrogens is 408 g/mol. The van der Waals surface area contributed by atoms with Gasteiger partial charge in [0, 0.05) is 10.9 Å². The third-order valence-corrected chi connectivity index (χ3v) is 5.67. The van der Waals surface area contributed by atoms with E-state index in [9.17, 15) is 14.9 Å². The van der Waals surface area contributed by atoms with Gasteiger partial charge in [-0.15, -0.1) is 11.3 Å². The largest absolute Gasteiger partial charge is 0.465 e. The predicted molar refractivity (Wildman–Crippen MR) is 124 cm³/mol. The second-order valence-corrected chi connectivity index (χ2v) is 8.04. The number of ether oxygens (including phenoxy) is 1. The average molecular weight is 431 g/mol. The fraction of sp³-hybridized carbons (Fsp3) is 0.160. The number of carbonyl (C=O) groups is 2. The molecule has 1 N–H and O–H groups in total. The van der Waals surface area contributed by atoms with E-state index in [1.54, 1.807) is 5.38 Å². The fourth-order valence-electron chi connectivity index (χ4n) is 3.05. The highest BCUT2D eigenvalue weighted by Crippen LogP contribution is 2.36. The van der Waals surface area contributed by atoms with Gasteiger partial charge in [-0.1, -0.05) is 68.4 Å². The Morgan fingerprint density at radius 3 is 2.35 bits per heavy atom. The molecule has 1 aromatic heterocycles. The first-order valence-corrected chi connectivity index (χ1v) is 10.6. The van der Waals surface area contributed by atoms with Crippen LogP contribution in [0, 0.1) is 11.3 Å². The number of nitrogens with zero attached hydrogens (tertiary/aromatic N) is 1. The summed E-state index contributed by atoms with van der Waals surface area (Å²) in [5.74, 6) is -0.740. The van der Waals surface area contributed by atoms with Crippen molar-refractivity contribution in [1.29, 1.82) is 5.26 Å². The van der Waals surface area contributed by atoms with Gasteiger partial charge in [0.2, 0.25) is 0 Å². The smallest absolute Gasteiger partial charge is 0.341 e. The van der Waals surface area contributed by atoms with E-state index in [2.05, 4.69) is 19.2 Å². The van der Waals surface area contributed by atoms with E-state index in [1.165, 1.54) is 30.1 Å². The Balaban J connectivity index is 1.90. The lowest BCUT2D eigenvalue weighted by atomic mass is 10.0. The van der Waals surface area contributed by atoms with Crippen molar-refractivity contribution in [3.05, 3.63) is 82.2 Å². The molecule has 2 aromatic carbocycles. The number of benzene rings is 2. The van der Waals surface area contributed by atoms with E-state index in [-0.39, 0.29) is 11.1 Å². The molecule has 0 spiro atoms. The second kappa shape index (κ2) is 9.88. The number of carbonyl (C=O) groups excluding carboxylic acids is 2. The number of nitrogens with one attached hydrogen (secondary N) is 1. The van der Waals surface area contributed by atoms with Crippen LogP contribution in [0.5, 0.6) is 0 Å². The molecule has 0 aliphatic rings. The second-order valence-electron chi connectivity index (χ2n) is 7.16. The lowest BCUT2D eigenvalue weighted by molar-refractivity contribution is -0.112. The van der Waals surface area contributed by atoms with Crippen molar-refractivity contribution < 1.29 is 14.3 Å². The van der Waals surface area contributed by atoms with Crippen LogP contribution >= 0.6 is 11.3 Å². The van der Waals surface area contributed by atoms with Gasteiger partial charge in [-0.25, -0.2) is 4.79 Å². The van der Waals surface area contributed by atoms with Crippen LogP contribution in [0.3, 0.4) is 0 Å². The lowest BCUT2D eigenvalue weighted by Crippen LogP contribution is -2.15. The molecule has 0 radical (unpaired) electrons. The first-order chi connectivity index (χ1) is 14.9. The minimum absolute atomic E-state index is 0.0530. The Morgan fingerprint density at radius 2 is 1.77 bits per heavy atom. The van der Waals surface area contributed by atoms with Crippen LogP contribution < -0.4 is 5.32 Å². The molecular formula is C25H22N2O3S. The molecule has 156 valence electrons. The third kappa shape index (κ3) is 5.08. The quantitative estimate of drug-likeness (QED) is 0.301. The highest BCUT2D eigenvalue weighted by Gasteiger charge is 2.23. The standard InChI is InChI=1S/C25H22N2O3S/c1-16(2)18-11-9-17(10-12-18)13-20(14-26)23(28)27-24-22(25(29)30-3)21(15-31-24)19-7-5-4-6-8-19/h4-13,15-16H,1-3H3,(H,27,28)/b20-13+. The minimum Gasteiger partial charge on any atom is -0.465 e. The molecule has 0 bridgehead atoms. The summed E-state index contributed by atoms with van der Waals surface area (Å²) in [4.78, 5) is 25.2. The Hall–Kier alpha value is -3.69. The van der Waals surface area contributed by atoms with E-state index < -0.39 is 11.9 Å². The first-order valence-electron chi connectivity index (χ1n) is 9.73. The molecule has 0 aliphatic heterocycles. The summed E-state index contributed by atoms with van der Waals surface area (Å²) in [5.41, 5.74) is 3.64. The molecule has 0 saturated heterocycles. The summed E-state index contributed by atoms with van der Waals surface area (Å²) in [6.45, 7) is 4.20. The number of methoxy groups -OCH3 is 1. The number of rotatable bonds is 6. The number of nitriles is 1. The first kappa shape index (κ1) is 22.0. The normalized spacial score (nSPS) is 11.1. The molecule has 3 aromatic rings. The number of esters is 1. The summed E-state index contributed by atoms with van der Waals surface area (Å²) in [6, 6.07) is 19.0. The molecule has 1 heterocycles. The minimum atomic E-state index is -0.581. The molecule has 5 nitrogen and oxygen atoms in total. The molecule has 0 aliphatic carbocycles. The van der Waals surface area contributed by atoms with Gasteiger partial charge in [-0.05, 0) is 28.7 Å². The zero-order valence-corrected chi connectivity index (χ0v) is 18.3. The van der Waals surface area contributed by atoms with Gasteiger partial charge in [0.05, 0.1) is 7.11 Å². The van der Waals surface area contributed by atoms with Crippen molar-refractivity contribution >= 4 is 34.3 Å². The zero-order chi connectivity index (χ0) is 22.4. The monoisotopic (exact) mass is 430 g/mol. The average Bonchev–Trinajstić information content (AvgIpc) is 3.21. The van der Waals surface area contributed by atoms with Crippen molar-refractivity contribution in [3.63, 3.8) is 0 Å². The summed E-state index contributed by atoms with van der Waals surface area (Å²) in [6.07, 6.45) is 1.53. The molecule has 0 saturated carbocycles. The van der Waals surface area contributed by atoms with Gasteiger partial charge < -0.3 is 10.1 Å². The number of amides is 1. The Kier molecular flexibility index (Phi) is 7.01. The molecule has 0 atom stereocenters. The van der Waals surface area contributed by atoms with E-state index >= 15 is 0 Å². The van der Waals surface area contributed by atoms with Gasteiger partial charge in [0.25, 0.3) is 5.91 Å². The number of hydrogen-bond acceptors (Lipinski definition) is 5. The van der Waals surface area contributed by atoms with Gasteiger partial charge in [0.1, 0.15) is 22.2 Å². The van der Waals surface area contributed by atoms with E-state index in [0.29, 0.717) is 16.5 Å². The predicted octanol–water partition coefficient (Wildman–Crippen LogP) is 5.87. The molecule has 6 heteroatoms. The Morgan fingerprint density at radius 1 is 1.10 bits per heavy atom. The van der Waals surface area contributed by atoms with Crippen molar-refractivity contribution in [1.82, 2.24) is 0 Å². The maximum Gasteiger partial charge on any atom is 0.341 e. The highest BCUT2D eigenvalue weighted by molar-refractivity contribution is 7.15. The number of hydrogen-bond donors (Lipinski definition) is 1. The molecule has 3 rings (SSSR count). The summed E-state index contributed by atoms with van der Waals surface area (Å²) >= 11 is 1.21. The summed E-state index contributed by atoms with van der Waals surface area (Å²) in [7, 11) is 1.29. The van der Waals surface area contributed by atoms with E-state index in [4.69, 9.17) is 4.74 Å². The Labute approximate surface area is 185 Å². The van der Waals surface area contributed by atoms with Crippen molar-refractivity contribution in [3.8, 4) is 17.2 Å². The Bertz CT molecular complexity index is 1150. The summed E-state index contributed by atoms with van der Waals surface area (Å²) < 4.78 is 4.93. The van der Waals surface area contributed by atoms with Gasteiger partial charge in [-0.2, -0.15) is 5.26 Å². The van der Waals surface area contributed by atoms with Gasteiger partial charge in [0.15, 0.2) is 0 Å². The van der Waals surface area contributed by atoms with Crippen molar-refractivity contribution in [2.24, 2.45) is 0 Å². The number of anilines is 1. The molecule has 31 heavy (non-hydrogen) atoms. The third-order valence-electron chi connectivity index (χ3n) is 4.77. The number of thiophene rings is 1. The van der Waals surface area contributed by atoms with Crippen molar-refractivity contribution in [2.75, 3.05) is 12.4 Å². The van der Waals surface area contributed by atoms with Crippen LogP contribution in [-0.2, 0) is 9.53 Å². The van der Waals surface area contributed by atoms with Gasteiger partial charge in [-0.3, -0.25) is 4.79 Å². The molecule has 0 fully saturated rings. The topological polar surface area (TPSA) is 79.2 Å². The van der Waals surface area contributed by atoms with Crippen LogP contribution in [0.15, 0.2) is 65.6 Å². The van der Waals surface area contributed by atoms with E-state index in [0.717, 1.165) is 11.1 Å². The maximum absolute atomic E-state index is 12.8. The fourth-order valence-corrected chi connectivity index (χ4v) is 4.00. The molecule has 1 amide bonds. The van der Waals surface area contributed by atoms with Gasteiger partial charge >= 0.3 is 5.97 Å². The highest BCUT2D eigenvalue weighted by atomic mass is 32.1. The summed E-state index contributed by atoms with van der Waals surface area (Å²) in [5, 5.41) is 14.4. The maximum atomic E-state index is 12.8. The molecule has 0 unspecified atom stereocenters. The van der Waals surface area contributed by atoms with Crippen LogP contribution in [0.25, 0.3) is 17.2 Å². The van der Waals surface area contributed by atoms with Crippen molar-refractivity contribution in [2.45, 2.75) is 19.8 Å². The van der Waals surface area contributed by atoms with Crippen LogP contribution in [0.4, 0.5) is 5.00 Å². The SMILES string of the molecule is COC(=O)c1c(-c2ccccc2)csc1NC(=O)/C(C#N)=C/c1ccc(C(C)C)cc1. The van der Waals surface area contributed by atoms with Crippen LogP contribution in [0.1, 0.15) is 41.3 Å². The van der Waals surface area contributed by atoms with E-state index in [1.807, 2.05) is 60.7 Å². The zero-order valence-electron chi connectivity index (χ0n) is 17.5. The van der Waals surface area contributed by atoms with Crippen LogP contribution in [-0.4, -0.2) is 19.0 Å².